The molecule has 1 aromatic heterocycles. The van der Waals surface area contributed by atoms with E-state index >= 15 is 0 Å². The van der Waals surface area contributed by atoms with Crippen molar-refractivity contribution in [1.29, 1.82) is 5.26 Å². The lowest BCUT2D eigenvalue weighted by atomic mass is 9.47. The molecule has 3 aliphatic carbocycles. The van der Waals surface area contributed by atoms with Gasteiger partial charge in [0, 0.05) is 11.5 Å². The number of hydrogen-bond donors (Lipinski definition) is 2. The van der Waals surface area contributed by atoms with Crippen LogP contribution in [0.4, 0.5) is 5.95 Å². The molecule has 1 heterocycles. The minimum absolute atomic E-state index is 0.184. The van der Waals surface area contributed by atoms with Crippen molar-refractivity contribution >= 4 is 24.0 Å². The van der Waals surface area contributed by atoms with Gasteiger partial charge < -0.3 is 0 Å². The summed E-state index contributed by atoms with van der Waals surface area (Å²) in [5.74, 6) is 0.396. The second kappa shape index (κ2) is 9.42. The number of hydrogen-bond acceptors (Lipinski definition) is 4. The molecular formula is C35H27N5O. The van der Waals surface area contributed by atoms with Gasteiger partial charge in [0.05, 0.1) is 11.5 Å². The van der Waals surface area contributed by atoms with Gasteiger partial charge in [-0.05, 0) is 52.8 Å². The molecule has 0 saturated heterocycles. The number of anilines is 1. The van der Waals surface area contributed by atoms with Crippen LogP contribution in [0.5, 0.6) is 0 Å². The molecule has 1 amide bonds. The largest absolute Gasteiger partial charge is 0.293 e. The Morgan fingerprint density at radius 2 is 1.54 bits per heavy atom. The minimum Gasteiger partial charge on any atom is -0.293 e. The Hall–Kier alpha value is -5.28. The third kappa shape index (κ3) is 3.89. The van der Waals surface area contributed by atoms with Gasteiger partial charge in [-0.3, -0.25) is 15.2 Å². The first-order valence-electron chi connectivity index (χ1n) is 13.7. The smallest absolute Gasteiger partial charge is 0.249 e. The number of fused-ring (bicyclic) bond motifs is 1. The van der Waals surface area contributed by atoms with Gasteiger partial charge in [0.1, 0.15) is 5.41 Å². The van der Waals surface area contributed by atoms with Crippen molar-refractivity contribution in [1.82, 2.24) is 15.2 Å². The van der Waals surface area contributed by atoms with E-state index in [4.69, 9.17) is 0 Å². The number of carbonyl (C=O) groups is 1. The van der Waals surface area contributed by atoms with E-state index in [1.807, 2.05) is 85.8 Å². The van der Waals surface area contributed by atoms with Gasteiger partial charge in [-0.2, -0.15) is 10.2 Å². The summed E-state index contributed by atoms with van der Waals surface area (Å²) in [5, 5.41) is 20.9. The van der Waals surface area contributed by atoms with Crippen LogP contribution < -0.4 is 5.32 Å². The summed E-state index contributed by atoms with van der Waals surface area (Å²) in [6, 6.07) is 36.8. The molecule has 2 N–H and O–H groups in total. The lowest BCUT2D eigenvalue weighted by Gasteiger charge is -2.54. The molecule has 6 nitrogen and oxygen atoms in total. The summed E-state index contributed by atoms with van der Waals surface area (Å²) >= 11 is 0. The van der Waals surface area contributed by atoms with Gasteiger partial charge in [0.2, 0.25) is 11.9 Å². The average Bonchev–Trinajstić information content (AvgIpc) is 3.49. The summed E-state index contributed by atoms with van der Waals surface area (Å²) in [6.45, 7) is 1.96. The second-order valence-electron chi connectivity index (χ2n) is 11.1. The van der Waals surface area contributed by atoms with Crippen molar-refractivity contribution in [3.8, 4) is 17.5 Å². The second-order valence-corrected chi connectivity index (χ2v) is 11.1. The minimum atomic E-state index is -0.897. The molecule has 0 saturated carbocycles. The molecule has 1 unspecified atom stereocenters. The number of amides is 1. The molecular weight excluding hydrogens is 506 g/mol. The highest BCUT2D eigenvalue weighted by Gasteiger charge is 2.61. The van der Waals surface area contributed by atoms with Crippen LogP contribution in [0.25, 0.3) is 23.5 Å². The molecule has 4 aromatic carbocycles. The first kappa shape index (κ1) is 24.7. The molecule has 41 heavy (non-hydrogen) atoms. The van der Waals surface area contributed by atoms with Crippen molar-refractivity contribution in [2.24, 2.45) is 5.41 Å². The monoisotopic (exact) mass is 533 g/mol. The SMILES string of the molecule is CC1(C(=O)Nc2n[nH]c(-c3cccc(C=Cc4ccccc4)c3)n2)CC2(C#N)c3ccccc3C1c1ccccc12. The lowest BCUT2D eigenvalue weighted by Crippen LogP contribution is -2.53. The van der Waals surface area contributed by atoms with Crippen molar-refractivity contribution < 1.29 is 4.79 Å². The number of nitrogens with one attached hydrogen (secondary N) is 2. The molecule has 198 valence electrons. The zero-order chi connectivity index (χ0) is 28.0. The summed E-state index contributed by atoms with van der Waals surface area (Å²) in [5.41, 5.74) is 5.31. The number of carbonyl (C=O) groups excluding carboxylic acids is 1. The van der Waals surface area contributed by atoms with E-state index in [0.29, 0.717) is 12.2 Å². The third-order valence-electron chi connectivity index (χ3n) is 8.58. The van der Waals surface area contributed by atoms with Crippen LogP contribution in [0.2, 0.25) is 0 Å². The number of rotatable bonds is 5. The first-order valence-corrected chi connectivity index (χ1v) is 13.7. The number of benzene rings is 4. The topological polar surface area (TPSA) is 94.5 Å². The highest BCUT2D eigenvalue weighted by Crippen LogP contribution is 2.63. The molecule has 0 aliphatic heterocycles. The average molecular weight is 534 g/mol. The lowest BCUT2D eigenvalue weighted by molar-refractivity contribution is -0.127. The number of aromatic amines is 1. The number of nitrogens with zero attached hydrogens (tertiary/aromatic N) is 3. The Bertz CT molecular complexity index is 1820. The highest BCUT2D eigenvalue weighted by molar-refractivity contribution is 5.96. The van der Waals surface area contributed by atoms with Crippen LogP contribution >= 0.6 is 0 Å². The number of H-pyrrole nitrogens is 1. The van der Waals surface area contributed by atoms with Gasteiger partial charge in [0.15, 0.2) is 5.82 Å². The van der Waals surface area contributed by atoms with Crippen molar-refractivity contribution in [3.63, 3.8) is 0 Å². The molecule has 5 aromatic rings. The van der Waals surface area contributed by atoms with E-state index < -0.39 is 10.8 Å². The maximum absolute atomic E-state index is 14.1. The van der Waals surface area contributed by atoms with Gasteiger partial charge in [-0.1, -0.05) is 109 Å². The Kier molecular flexibility index (Phi) is 5.69. The first-order chi connectivity index (χ1) is 20.0. The van der Waals surface area contributed by atoms with Gasteiger partial charge in [-0.15, -0.1) is 5.10 Å². The zero-order valence-corrected chi connectivity index (χ0v) is 22.5. The quantitative estimate of drug-likeness (QED) is 0.239. The summed E-state index contributed by atoms with van der Waals surface area (Å²) in [7, 11) is 0. The van der Waals surface area contributed by atoms with E-state index in [1.165, 1.54) is 0 Å². The predicted octanol–water partition coefficient (Wildman–Crippen LogP) is 6.95. The standard InChI is InChI=1S/C35H27N5O/c1-34(21-35(22-36)28-16-7-5-14-26(28)30(34)27-15-6-8-17-29(27)35)32(41)38-33-37-31(39-40-33)25-13-9-12-24(20-25)19-18-23-10-3-2-4-11-23/h2-20,30H,21H2,1H3,(H2,37,38,39,40,41). The Morgan fingerprint density at radius 3 is 2.24 bits per heavy atom. The van der Waals surface area contributed by atoms with Crippen molar-refractivity contribution in [2.75, 3.05) is 5.32 Å². The van der Waals surface area contributed by atoms with Crippen LogP contribution in [-0.4, -0.2) is 21.1 Å². The van der Waals surface area contributed by atoms with E-state index in [0.717, 1.165) is 38.9 Å². The van der Waals surface area contributed by atoms with E-state index in [2.05, 4.69) is 63.0 Å². The molecule has 0 fully saturated rings. The fourth-order valence-corrected chi connectivity index (χ4v) is 6.73. The molecule has 2 bridgehead atoms. The summed E-state index contributed by atoms with van der Waals surface area (Å²) < 4.78 is 0. The highest BCUT2D eigenvalue weighted by atomic mass is 16.2. The van der Waals surface area contributed by atoms with Crippen LogP contribution in [0, 0.1) is 16.7 Å². The number of aromatic nitrogens is 3. The van der Waals surface area contributed by atoms with Crippen LogP contribution in [-0.2, 0) is 10.2 Å². The third-order valence-corrected chi connectivity index (χ3v) is 8.58. The molecule has 6 heteroatoms. The molecule has 1 atom stereocenters. The fraction of sp³-hybridized carbons (Fsp3) is 0.143. The maximum Gasteiger partial charge on any atom is 0.249 e. The molecule has 3 aliphatic rings. The van der Waals surface area contributed by atoms with Crippen molar-refractivity contribution in [3.05, 3.63) is 137 Å². The van der Waals surface area contributed by atoms with E-state index in [9.17, 15) is 10.1 Å². The molecule has 8 rings (SSSR count). The van der Waals surface area contributed by atoms with E-state index in [-0.39, 0.29) is 17.8 Å². The van der Waals surface area contributed by atoms with Crippen LogP contribution in [0.1, 0.15) is 52.6 Å². The van der Waals surface area contributed by atoms with Crippen molar-refractivity contribution in [2.45, 2.75) is 24.7 Å². The van der Waals surface area contributed by atoms with Gasteiger partial charge in [0.25, 0.3) is 0 Å². The zero-order valence-electron chi connectivity index (χ0n) is 22.5. The summed E-state index contributed by atoms with van der Waals surface area (Å²) in [4.78, 5) is 18.7. The van der Waals surface area contributed by atoms with Gasteiger partial charge >= 0.3 is 0 Å². The Balaban J connectivity index is 1.18. The molecule has 0 spiro atoms. The summed E-state index contributed by atoms with van der Waals surface area (Å²) in [6.07, 6.45) is 4.50. The predicted molar refractivity (Wildman–Crippen MR) is 160 cm³/mol. The Labute approximate surface area is 238 Å². The van der Waals surface area contributed by atoms with E-state index in [1.54, 1.807) is 0 Å². The fourth-order valence-electron chi connectivity index (χ4n) is 6.73. The van der Waals surface area contributed by atoms with Gasteiger partial charge in [-0.25, -0.2) is 0 Å². The Morgan fingerprint density at radius 1 is 0.902 bits per heavy atom. The maximum atomic E-state index is 14.1. The normalized spacial score (nSPS) is 22.1. The van der Waals surface area contributed by atoms with Crippen LogP contribution in [0.15, 0.2) is 103 Å². The van der Waals surface area contributed by atoms with Crippen LogP contribution in [0.3, 0.4) is 0 Å². The number of nitriles is 1. The molecule has 0 radical (unpaired) electrons.